The van der Waals surface area contributed by atoms with Gasteiger partial charge in [-0.15, -0.1) is 0 Å². The third-order valence-corrected chi connectivity index (χ3v) is 5.89. The molecule has 37 heavy (non-hydrogen) atoms. The molecular formula is C29H40N4O4. The SMILES string of the molecule is CC.CCOc1ccccc1-n1c(CN2CCN(C(=O)OC(C)(C)C)CC2)nc2cc(C)ccc2c1=O. The number of hydrogen-bond donors (Lipinski definition) is 0. The van der Waals surface area contributed by atoms with Crippen molar-refractivity contribution in [2.45, 2.75) is 60.6 Å². The van der Waals surface area contributed by atoms with E-state index in [4.69, 9.17) is 14.5 Å². The number of carbonyl (C=O) groups is 1. The molecule has 0 aliphatic carbocycles. The Morgan fingerprint density at radius 2 is 1.70 bits per heavy atom. The fourth-order valence-corrected chi connectivity index (χ4v) is 4.23. The summed E-state index contributed by atoms with van der Waals surface area (Å²) in [5, 5.41) is 0.570. The van der Waals surface area contributed by atoms with Gasteiger partial charge in [0.1, 0.15) is 17.2 Å². The molecule has 8 nitrogen and oxygen atoms in total. The van der Waals surface area contributed by atoms with Crippen LogP contribution in [0.3, 0.4) is 0 Å². The summed E-state index contributed by atoms with van der Waals surface area (Å²) in [5.74, 6) is 1.28. The molecule has 0 radical (unpaired) electrons. The second-order valence-electron chi connectivity index (χ2n) is 9.83. The Morgan fingerprint density at radius 3 is 2.35 bits per heavy atom. The minimum atomic E-state index is -0.522. The van der Waals surface area contributed by atoms with Crippen molar-refractivity contribution in [3.63, 3.8) is 0 Å². The van der Waals surface area contributed by atoms with E-state index in [1.807, 2.05) is 90.9 Å². The predicted molar refractivity (Wildman–Crippen MR) is 148 cm³/mol. The molecule has 8 heteroatoms. The highest BCUT2D eigenvalue weighted by atomic mass is 16.6. The summed E-state index contributed by atoms with van der Waals surface area (Å²) in [6.07, 6.45) is -0.293. The minimum Gasteiger partial charge on any atom is -0.492 e. The molecule has 0 saturated carbocycles. The average molecular weight is 509 g/mol. The van der Waals surface area contributed by atoms with Gasteiger partial charge in [0, 0.05) is 26.2 Å². The molecule has 0 N–H and O–H groups in total. The first-order chi connectivity index (χ1) is 17.7. The Morgan fingerprint density at radius 1 is 1.03 bits per heavy atom. The molecule has 2 heterocycles. The van der Waals surface area contributed by atoms with Crippen molar-refractivity contribution in [1.82, 2.24) is 19.4 Å². The Bertz CT molecular complexity index is 1270. The molecule has 0 spiro atoms. The van der Waals surface area contributed by atoms with Crippen LogP contribution < -0.4 is 10.3 Å². The largest absolute Gasteiger partial charge is 0.492 e. The lowest BCUT2D eigenvalue weighted by Gasteiger charge is -2.35. The van der Waals surface area contributed by atoms with E-state index in [1.54, 1.807) is 9.47 Å². The van der Waals surface area contributed by atoms with Crippen LogP contribution in [0.25, 0.3) is 16.6 Å². The van der Waals surface area contributed by atoms with Crippen molar-refractivity contribution >= 4 is 17.0 Å². The van der Waals surface area contributed by atoms with Crippen LogP contribution in [0.5, 0.6) is 5.75 Å². The summed E-state index contributed by atoms with van der Waals surface area (Å²) in [6, 6.07) is 13.3. The van der Waals surface area contributed by atoms with E-state index in [0.717, 1.165) is 5.56 Å². The van der Waals surface area contributed by atoms with Crippen molar-refractivity contribution in [1.29, 1.82) is 0 Å². The Balaban J connectivity index is 0.00000186. The molecule has 1 aliphatic heterocycles. The lowest BCUT2D eigenvalue weighted by Crippen LogP contribution is -2.50. The molecule has 1 fully saturated rings. The van der Waals surface area contributed by atoms with Gasteiger partial charge in [0.05, 0.1) is 29.7 Å². The number of benzene rings is 2. The number of amides is 1. The van der Waals surface area contributed by atoms with Crippen molar-refractivity contribution in [3.05, 3.63) is 64.2 Å². The Kier molecular flexibility index (Phi) is 9.32. The predicted octanol–water partition coefficient (Wildman–Crippen LogP) is 5.17. The number of para-hydroxylation sites is 2. The number of aryl methyl sites for hydroxylation is 1. The van der Waals surface area contributed by atoms with Crippen molar-refractivity contribution in [2.24, 2.45) is 0 Å². The third-order valence-electron chi connectivity index (χ3n) is 5.89. The summed E-state index contributed by atoms with van der Waals surface area (Å²) < 4.78 is 13.0. The highest BCUT2D eigenvalue weighted by Gasteiger charge is 2.27. The van der Waals surface area contributed by atoms with E-state index in [0.29, 0.717) is 67.5 Å². The molecule has 1 saturated heterocycles. The van der Waals surface area contributed by atoms with E-state index in [1.165, 1.54) is 0 Å². The zero-order valence-corrected chi connectivity index (χ0v) is 23.2. The first-order valence-electron chi connectivity index (χ1n) is 13.1. The average Bonchev–Trinajstić information content (AvgIpc) is 2.85. The molecule has 0 atom stereocenters. The van der Waals surface area contributed by atoms with Gasteiger partial charge in [-0.25, -0.2) is 9.78 Å². The summed E-state index contributed by atoms with van der Waals surface area (Å²) in [4.78, 5) is 35.0. The van der Waals surface area contributed by atoms with Crippen molar-refractivity contribution in [2.75, 3.05) is 32.8 Å². The molecule has 1 amide bonds. The molecule has 0 unspecified atom stereocenters. The number of nitrogens with zero attached hydrogens (tertiary/aromatic N) is 4. The topological polar surface area (TPSA) is 76.9 Å². The maximum absolute atomic E-state index is 13.7. The fourth-order valence-electron chi connectivity index (χ4n) is 4.23. The monoisotopic (exact) mass is 508 g/mol. The summed E-state index contributed by atoms with van der Waals surface area (Å²) in [5.41, 5.74) is 1.77. The first-order valence-corrected chi connectivity index (χ1v) is 13.1. The summed E-state index contributed by atoms with van der Waals surface area (Å²) in [6.45, 7) is 16.9. The maximum atomic E-state index is 13.7. The van der Waals surface area contributed by atoms with Crippen LogP contribution in [0.4, 0.5) is 4.79 Å². The zero-order chi connectivity index (χ0) is 27.2. The highest BCUT2D eigenvalue weighted by Crippen LogP contribution is 2.24. The first kappa shape index (κ1) is 28.2. The van der Waals surface area contributed by atoms with Gasteiger partial charge in [-0.2, -0.15) is 0 Å². The van der Waals surface area contributed by atoms with Gasteiger partial charge < -0.3 is 14.4 Å². The lowest BCUT2D eigenvalue weighted by atomic mass is 10.1. The Labute approximate surface area is 219 Å². The van der Waals surface area contributed by atoms with Crippen LogP contribution in [0, 0.1) is 6.92 Å². The smallest absolute Gasteiger partial charge is 0.410 e. The molecular weight excluding hydrogens is 468 g/mol. The van der Waals surface area contributed by atoms with Gasteiger partial charge >= 0.3 is 6.09 Å². The lowest BCUT2D eigenvalue weighted by molar-refractivity contribution is 0.0136. The second-order valence-corrected chi connectivity index (χ2v) is 9.83. The van der Waals surface area contributed by atoms with Crippen LogP contribution >= 0.6 is 0 Å². The summed E-state index contributed by atoms with van der Waals surface area (Å²) in [7, 11) is 0. The van der Waals surface area contributed by atoms with Crippen LogP contribution in [-0.2, 0) is 11.3 Å². The number of fused-ring (bicyclic) bond motifs is 1. The number of rotatable bonds is 5. The van der Waals surface area contributed by atoms with E-state index < -0.39 is 5.60 Å². The van der Waals surface area contributed by atoms with Gasteiger partial charge in [0.15, 0.2) is 0 Å². The fraction of sp³-hybridized carbons (Fsp3) is 0.483. The molecule has 200 valence electrons. The molecule has 4 rings (SSSR count). The molecule has 1 aliphatic rings. The molecule has 2 aromatic carbocycles. The molecule has 0 bridgehead atoms. The van der Waals surface area contributed by atoms with Gasteiger partial charge in [-0.1, -0.05) is 32.0 Å². The van der Waals surface area contributed by atoms with E-state index in [2.05, 4.69) is 4.90 Å². The Hall–Kier alpha value is -3.39. The minimum absolute atomic E-state index is 0.121. The van der Waals surface area contributed by atoms with Crippen molar-refractivity contribution in [3.8, 4) is 11.4 Å². The van der Waals surface area contributed by atoms with Gasteiger partial charge in [-0.05, 0) is 64.4 Å². The van der Waals surface area contributed by atoms with Gasteiger partial charge in [-0.3, -0.25) is 14.3 Å². The highest BCUT2D eigenvalue weighted by molar-refractivity contribution is 5.79. The van der Waals surface area contributed by atoms with E-state index in [-0.39, 0.29) is 11.7 Å². The number of hydrogen-bond acceptors (Lipinski definition) is 6. The normalized spacial score (nSPS) is 14.2. The maximum Gasteiger partial charge on any atom is 0.410 e. The number of ether oxygens (including phenoxy) is 2. The number of aromatic nitrogens is 2. The zero-order valence-electron chi connectivity index (χ0n) is 23.2. The summed E-state index contributed by atoms with van der Waals surface area (Å²) >= 11 is 0. The van der Waals surface area contributed by atoms with Crippen molar-refractivity contribution < 1.29 is 14.3 Å². The van der Waals surface area contributed by atoms with E-state index >= 15 is 0 Å². The standard InChI is InChI=1S/C27H34N4O4.C2H6/c1-6-34-23-10-8-7-9-22(23)31-24(28-21-17-19(2)11-12-20(21)25(31)32)18-29-13-15-30(16-14-29)26(33)35-27(3,4)5;1-2/h7-12,17H,6,13-16,18H2,1-5H3;1-2H3. The van der Waals surface area contributed by atoms with E-state index in [9.17, 15) is 9.59 Å². The molecule has 3 aromatic rings. The van der Waals surface area contributed by atoms with Gasteiger partial charge in [0.25, 0.3) is 5.56 Å². The van der Waals surface area contributed by atoms with Crippen LogP contribution in [-0.4, -0.2) is 63.8 Å². The third kappa shape index (κ3) is 6.89. The quantitative estimate of drug-likeness (QED) is 0.473. The van der Waals surface area contributed by atoms with Crippen LogP contribution in [0.2, 0.25) is 0 Å². The second kappa shape index (κ2) is 12.2. The van der Waals surface area contributed by atoms with Crippen LogP contribution in [0.15, 0.2) is 47.3 Å². The number of piperazine rings is 1. The van der Waals surface area contributed by atoms with Crippen LogP contribution in [0.1, 0.15) is 52.9 Å². The number of carbonyl (C=O) groups excluding carboxylic acids is 1. The van der Waals surface area contributed by atoms with Gasteiger partial charge in [0.2, 0.25) is 0 Å². The molecule has 1 aromatic heterocycles.